The van der Waals surface area contributed by atoms with Gasteiger partial charge in [-0.2, -0.15) is 0 Å². The maximum absolute atomic E-state index is 12.3. The van der Waals surface area contributed by atoms with Gasteiger partial charge in [-0.3, -0.25) is 9.78 Å². The number of carbonyl (C=O) groups excluding carboxylic acids is 2. The molecule has 0 unspecified atom stereocenters. The molecule has 0 N–H and O–H groups in total. The molecule has 0 aliphatic rings. The molecular weight excluding hydrogens is 338 g/mol. The van der Waals surface area contributed by atoms with Gasteiger partial charge in [0.1, 0.15) is 9.88 Å². The molecule has 0 spiro atoms. The zero-order valence-corrected chi connectivity index (χ0v) is 16.0. The fraction of sp³-hybridized carbons (Fsp3) is 0.444. The molecule has 0 fully saturated rings. The zero-order valence-electron chi connectivity index (χ0n) is 15.1. The Labute approximate surface area is 151 Å². The van der Waals surface area contributed by atoms with Gasteiger partial charge in [0.05, 0.1) is 11.4 Å². The minimum absolute atomic E-state index is 0.0482. The fourth-order valence-electron chi connectivity index (χ4n) is 2.62. The first-order valence-electron chi connectivity index (χ1n) is 8.18. The molecule has 0 bridgehead atoms. The Morgan fingerprint density at radius 2 is 1.88 bits per heavy atom. The predicted molar refractivity (Wildman–Crippen MR) is 97.5 cm³/mol. The summed E-state index contributed by atoms with van der Waals surface area (Å²) in [5.41, 5.74) is 1.28. The van der Waals surface area contributed by atoms with Gasteiger partial charge in [-0.15, -0.1) is 11.3 Å². The van der Waals surface area contributed by atoms with E-state index in [0.29, 0.717) is 21.3 Å². The quantitative estimate of drug-likeness (QED) is 0.738. The van der Waals surface area contributed by atoms with Crippen LogP contribution in [0.1, 0.15) is 43.1 Å². The molecule has 0 aliphatic heterocycles. The van der Waals surface area contributed by atoms with Crippen molar-refractivity contribution in [3.8, 4) is 10.7 Å². The molecule has 0 aromatic carbocycles. The number of ether oxygens (including phenoxy) is 1. The van der Waals surface area contributed by atoms with Crippen LogP contribution >= 0.6 is 11.3 Å². The summed E-state index contributed by atoms with van der Waals surface area (Å²) in [5, 5.41) is 0.655. The molecule has 0 aliphatic carbocycles. The third kappa shape index (κ3) is 4.63. The molecule has 6 nitrogen and oxygen atoms in total. The van der Waals surface area contributed by atoms with Gasteiger partial charge in [0, 0.05) is 18.3 Å². The maximum atomic E-state index is 12.3. The molecule has 2 rings (SSSR count). The van der Waals surface area contributed by atoms with Crippen molar-refractivity contribution in [1.82, 2.24) is 14.9 Å². The van der Waals surface area contributed by atoms with E-state index in [1.807, 2.05) is 45.9 Å². The van der Waals surface area contributed by atoms with E-state index in [-0.39, 0.29) is 24.6 Å². The minimum atomic E-state index is -0.530. The lowest BCUT2D eigenvalue weighted by molar-refractivity contribution is -0.138. The summed E-state index contributed by atoms with van der Waals surface area (Å²) >= 11 is 1.22. The lowest BCUT2D eigenvalue weighted by atomic mass is 10.2. The van der Waals surface area contributed by atoms with Crippen LogP contribution in [-0.2, 0) is 9.53 Å². The van der Waals surface area contributed by atoms with Crippen LogP contribution in [0.2, 0.25) is 0 Å². The van der Waals surface area contributed by atoms with Crippen LogP contribution in [0.25, 0.3) is 10.7 Å². The smallest absolute Gasteiger partial charge is 0.350 e. The fourth-order valence-corrected chi connectivity index (χ4v) is 3.56. The monoisotopic (exact) mass is 361 g/mol. The van der Waals surface area contributed by atoms with Crippen molar-refractivity contribution in [3.63, 3.8) is 0 Å². The average molecular weight is 361 g/mol. The number of hydrogen-bond acceptors (Lipinski definition) is 6. The van der Waals surface area contributed by atoms with Crippen molar-refractivity contribution in [2.45, 2.75) is 46.7 Å². The van der Waals surface area contributed by atoms with Crippen molar-refractivity contribution in [1.29, 1.82) is 0 Å². The van der Waals surface area contributed by atoms with Crippen molar-refractivity contribution in [3.05, 3.63) is 35.0 Å². The van der Waals surface area contributed by atoms with E-state index in [9.17, 15) is 9.59 Å². The first-order chi connectivity index (χ1) is 11.8. The number of esters is 1. The highest BCUT2D eigenvalue weighted by Gasteiger charge is 2.23. The number of amides is 1. The number of thiazole rings is 1. The normalized spacial score (nSPS) is 11.0. The van der Waals surface area contributed by atoms with Gasteiger partial charge in [-0.05, 0) is 46.8 Å². The Kier molecular flexibility index (Phi) is 6.25. The molecule has 0 atom stereocenters. The molecule has 134 valence electrons. The summed E-state index contributed by atoms with van der Waals surface area (Å²) < 4.78 is 5.22. The molecule has 7 heteroatoms. The van der Waals surface area contributed by atoms with E-state index in [4.69, 9.17) is 4.74 Å². The molecule has 0 saturated carbocycles. The van der Waals surface area contributed by atoms with Gasteiger partial charge in [0.15, 0.2) is 6.61 Å². The zero-order chi connectivity index (χ0) is 18.6. The highest BCUT2D eigenvalue weighted by atomic mass is 32.1. The van der Waals surface area contributed by atoms with E-state index >= 15 is 0 Å². The van der Waals surface area contributed by atoms with E-state index in [1.54, 1.807) is 18.0 Å². The summed E-state index contributed by atoms with van der Waals surface area (Å²) in [6, 6.07) is 5.61. The summed E-state index contributed by atoms with van der Waals surface area (Å²) in [4.78, 5) is 35.3. The van der Waals surface area contributed by atoms with Crippen LogP contribution in [0, 0.1) is 6.92 Å². The van der Waals surface area contributed by atoms with Crippen LogP contribution in [0.15, 0.2) is 24.4 Å². The van der Waals surface area contributed by atoms with E-state index in [1.165, 1.54) is 11.3 Å². The van der Waals surface area contributed by atoms with Crippen LogP contribution in [0.3, 0.4) is 0 Å². The number of aryl methyl sites for hydroxylation is 1. The number of nitrogens with zero attached hydrogens (tertiary/aromatic N) is 3. The van der Waals surface area contributed by atoms with Gasteiger partial charge >= 0.3 is 5.97 Å². The number of carbonyl (C=O) groups is 2. The van der Waals surface area contributed by atoms with Gasteiger partial charge in [-0.1, -0.05) is 6.07 Å². The Bertz CT molecular complexity index is 733. The van der Waals surface area contributed by atoms with Gasteiger partial charge in [-0.25, -0.2) is 9.78 Å². The second kappa shape index (κ2) is 8.20. The highest BCUT2D eigenvalue weighted by molar-refractivity contribution is 7.17. The topological polar surface area (TPSA) is 72.4 Å². The lowest BCUT2D eigenvalue weighted by Crippen LogP contribution is -2.44. The van der Waals surface area contributed by atoms with Crippen molar-refractivity contribution < 1.29 is 14.3 Å². The third-order valence-corrected chi connectivity index (χ3v) is 4.75. The molecule has 1 amide bonds. The number of pyridine rings is 1. The van der Waals surface area contributed by atoms with Gasteiger partial charge in [0.2, 0.25) is 0 Å². The molecular formula is C18H23N3O3S. The molecule has 0 radical (unpaired) electrons. The predicted octanol–water partition coefficient (Wildman–Crippen LogP) is 3.32. The number of rotatable bonds is 6. The van der Waals surface area contributed by atoms with E-state index < -0.39 is 5.97 Å². The van der Waals surface area contributed by atoms with Crippen LogP contribution < -0.4 is 0 Å². The first-order valence-corrected chi connectivity index (χ1v) is 9.00. The lowest BCUT2D eigenvalue weighted by Gasteiger charge is -2.30. The van der Waals surface area contributed by atoms with Crippen LogP contribution in [-0.4, -0.2) is 45.4 Å². The van der Waals surface area contributed by atoms with Crippen molar-refractivity contribution >= 4 is 23.2 Å². The summed E-state index contributed by atoms with van der Waals surface area (Å²) in [6.07, 6.45) is 1.68. The molecule has 2 aromatic heterocycles. The third-order valence-electron chi connectivity index (χ3n) is 3.59. The largest absolute Gasteiger partial charge is 0.451 e. The van der Waals surface area contributed by atoms with Crippen LogP contribution in [0.4, 0.5) is 0 Å². The number of hydrogen-bond donors (Lipinski definition) is 0. The molecule has 2 aromatic rings. The van der Waals surface area contributed by atoms with Crippen LogP contribution in [0.5, 0.6) is 0 Å². The molecule has 0 saturated heterocycles. The summed E-state index contributed by atoms with van der Waals surface area (Å²) in [5.74, 6) is -0.733. The van der Waals surface area contributed by atoms with E-state index in [0.717, 1.165) is 0 Å². The Morgan fingerprint density at radius 1 is 1.20 bits per heavy atom. The Morgan fingerprint density at radius 3 is 2.44 bits per heavy atom. The average Bonchev–Trinajstić information content (AvgIpc) is 2.94. The second-order valence-corrected chi connectivity index (χ2v) is 7.21. The SMILES string of the molecule is Cc1nc(-c2ccccn2)sc1C(=O)OCC(=O)N(C(C)C)C(C)C. The van der Waals surface area contributed by atoms with Gasteiger partial charge in [0.25, 0.3) is 5.91 Å². The number of aromatic nitrogens is 2. The van der Waals surface area contributed by atoms with Crippen molar-refractivity contribution in [2.75, 3.05) is 6.61 Å². The Hall–Kier alpha value is -2.28. The molecule has 25 heavy (non-hydrogen) atoms. The second-order valence-electron chi connectivity index (χ2n) is 6.21. The van der Waals surface area contributed by atoms with E-state index in [2.05, 4.69) is 9.97 Å². The van der Waals surface area contributed by atoms with Crippen molar-refractivity contribution in [2.24, 2.45) is 0 Å². The molecule has 2 heterocycles. The standard InChI is InChI=1S/C18H23N3O3S/c1-11(2)21(12(3)4)15(22)10-24-18(23)16-13(5)20-17(25-16)14-8-6-7-9-19-14/h6-9,11-12H,10H2,1-5H3. The summed E-state index contributed by atoms with van der Waals surface area (Å²) in [7, 11) is 0. The summed E-state index contributed by atoms with van der Waals surface area (Å²) in [6.45, 7) is 9.22. The highest BCUT2D eigenvalue weighted by Crippen LogP contribution is 2.26. The first kappa shape index (κ1) is 19.1. The minimum Gasteiger partial charge on any atom is -0.451 e. The Balaban J connectivity index is 2.07. The van der Waals surface area contributed by atoms with Gasteiger partial charge < -0.3 is 9.64 Å². The maximum Gasteiger partial charge on any atom is 0.350 e.